The third-order valence-electron chi connectivity index (χ3n) is 4.61. The van der Waals surface area contributed by atoms with Crippen molar-refractivity contribution in [3.63, 3.8) is 0 Å². The second kappa shape index (κ2) is 6.30. The Morgan fingerprint density at radius 3 is 2.48 bits per heavy atom. The lowest BCUT2D eigenvalue weighted by Crippen LogP contribution is -2.41. The summed E-state index contributed by atoms with van der Waals surface area (Å²) in [5, 5.41) is 0. The number of esters is 2. The first-order valence-electron chi connectivity index (χ1n) is 8.57. The molecule has 0 bridgehead atoms. The van der Waals surface area contributed by atoms with Crippen LogP contribution in [0, 0.1) is 11.3 Å². The molecule has 5 heteroatoms. The van der Waals surface area contributed by atoms with Gasteiger partial charge in [-0.2, -0.15) is 0 Å². The number of hydrogen-bond donors (Lipinski definition) is 0. The van der Waals surface area contributed by atoms with E-state index in [1.165, 1.54) is 6.92 Å². The van der Waals surface area contributed by atoms with Crippen molar-refractivity contribution in [2.24, 2.45) is 11.3 Å². The predicted octanol–water partition coefficient (Wildman–Crippen LogP) is 3.68. The van der Waals surface area contributed by atoms with Crippen LogP contribution in [0.1, 0.15) is 46.1 Å². The molecule has 0 spiro atoms. The van der Waals surface area contributed by atoms with Crippen LogP contribution in [0.25, 0.3) is 0 Å². The van der Waals surface area contributed by atoms with E-state index < -0.39 is 11.9 Å². The molecule has 1 aromatic rings. The van der Waals surface area contributed by atoms with Crippen molar-refractivity contribution in [2.75, 3.05) is 0 Å². The van der Waals surface area contributed by atoms with Crippen LogP contribution < -0.4 is 0 Å². The molecule has 0 unspecified atom stereocenters. The lowest BCUT2D eigenvalue weighted by Gasteiger charge is -2.32. The molecule has 0 amide bonds. The first kappa shape index (κ1) is 17.7. The highest BCUT2D eigenvalue weighted by Gasteiger charge is 2.59. The molecule has 3 rings (SSSR count). The zero-order valence-corrected chi connectivity index (χ0v) is 15.1. The fraction of sp³-hybridized carbons (Fsp3) is 0.500. The van der Waals surface area contributed by atoms with E-state index in [0.717, 1.165) is 5.56 Å². The van der Waals surface area contributed by atoms with E-state index in [1.807, 2.05) is 57.2 Å². The number of carbonyl (C=O) groups is 2. The predicted molar refractivity (Wildman–Crippen MR) is 91.1 cm³/mol. The highest BCUT2D eigenvalue weighted by Crippen LogP contribution is 2.49. The minimum absolute atomic E-state index is 0.246. The number of cyclic esters (lactones) is 1. The van der Waals surface area contributed by atoms with Crippen LogP contribution in [-0.2, 0) is 29.4 Å². The van der Waals surface area contributed by atoms with Crippen molar-refractivity contribution in [3.05, 3.63) is 47.7 Å². The summed E-state index contributed by atoms with van der Waals surface area (Å²) >= 11 is 0. The molecular weight excluding hydrogens is 320 g/mol. The molecule has 1 aliphatic heterocycles. The minimum Gasteiger partial charge on any atom is -0.433 e. The largest absolute Gasteiger partial charge is 0.433 e. The highest BCUT2D eigenvalue weighted by molar-refractivity contribution is 5.84. The summed E-state index contributed by atoms with van der Waals surface area (Å²) < 4.78 is 17.1. The summed E-state index contributed by atoms with van der Waals surface area (Å²) in [7, 11) is 0. The Hall–Kier alpha value is -2.14. The average Bonchev–Trinajstić information content (AvgIpc) is 3.12. The monoisotopic (exact) mass is 344 g/mol. The summed E-state index contributed by atoms with van der Waals surface area (Å²) in [4.78, 5) is 24.2. The summed E-state index contributed by atoms with van der Waals surface area (Å²) in [5.74, 6) is -0.403. The molecule has 5 nitrogen and oxygen atoms in total. The first-order chi connectivity index (χ1) is 11.7. The van der Waals surface area contributed by atoms with Crippen molar-refractivity contribution >= 4 is 11.9 Å². The van der Waals surface area contributed by atoms with Gasteiger partial charge in [-0.15, -0.1) is 0 Å². The number of hydrogen-bond acceptors (Lipinski definition) is 5. The number of carbonyl (C=O) groups excluding carboxylic acids is 2. The van der Waals surface area contributed by atoms with Gasteiger partial charge in [0.05, 0.1) is 0 Å². The molecule has 2 aliphatic rings. The normalized spacial score (nSPS) is 29.3. The zero-order chi connectivity index (χ0) is 18.2. The van der Waals surface area contributed by atoms with E-state index in [2.05, 4.69) is 0 Å². The van der Waals surface area contributed by atoms with E-state index >= 15 is 0 Å². The van der Waals surface area contributed by atoms with Crippen molar-refractivity contribution < 1.29 is 23.8 Å². The van der Waals surface area contributed by atoms with Crippen LogP contribution in [0.15, 0.2) is 42.2 Å². The van der Waals surface area contributed by atoms with Crippen molar-refractivity contribution in [2.45, 2.75) is 52.4 Å². The molecule has 1 saturated heterocycles. The second-order valence-electron chi connectivity index (χ2n) is 7.69. The molecular formula is C20H24O5. The van der Waals surface area contributed by atoms with Gasteiger partial charge in [-0.1, -0.05) is 51.1 Å². The standard InChI is InChI=1S/C20H24O5/c1-13(21)23-16-11-10-15(12-16)20(14-8-6-5-7-9-14)17(22)24-18(25-20)19(2,3)4/h5-9,12,15,18H,10-11H2,1-4H3/t15-,18+,20-/m1/s1. The van der Waals surface area contributed by atoms with Gasteiger partial charge in [-0.3, -0.25) is 4.79 Å². The topological polar surface area (TPSA) is 61.8 Å². The van der Waals surface area contributed by atoms with Crippen LogP contribution >= 0.6 is 0 Å². The minimum atomic E-state index is -1.21. The molecule has 1 heterocycles. The Bertz CT molecular complexity index is 701. The zero-order valence-electron chi connectivity index (χ0n) is 15.1. The van der Waals surface area contributed by atoms with Gasteiger partial charge in [0.2, 0.25) is 11.9 Å². The molecule has 3 atom stereocenters. The van der Waals surface area contributed by atoms with E-state index in [4.69, 9.17) is 14.2 Å². The molecule has 0 radical (unpaired) electrons. The molecule has 0 N–H and O–H groups in total. The fourth-order valence-electron chi connectivity index (χ4n) is 3.38. The third kappa shape index (κ3) is 3.21. The number of ether oxygens (including phenoxy) is 3. The van der Waals surface area contributed by atoms with Crippen LogP contribution in [0.5, 0.6) is 0 Å². The summed E-state index contributed by atoms with van der Waals surface area (Å²) in [6, 6.07) is 9.41. The fourth-order valence-corrected chi connectivity index (χ4v) is 3.38. The van der Waals surface area contributed by atoms with Gasteiger partial charge in [0, 0.05) is 24.7 Å². The highest BCUT2D eigenvalue weighted by atomic mass is 16.8. The second-order valence-corrected chi connectivity index (χ2v) is 7.69. The van der Waals surface area contributed by atoms with E-state index in [0.29, 0.717) is 18.6 Å². The van der Waals surface area contributed by atoms with Gasteiger partial charge < -0.3 is 14.2 Å². The van der Waals surface area contributed by atoms with Gasteiger partial charge in [-0.25, -0.2) is 4.79 Å². The third-order valence-corrected chi connectivity index (χ3v) is 4.61. The molecule has 1 aromatic carbocycles. The Labute approximate surface area is 148 Å². The lowest BCUT2D eigenvalue weighted by molar-refractivity contribution is -0.159. The van der Waals surface area contributed by atoms with Crippen LogP contribution in [0.2, 0.25) is 0 Å². The van der Waals surface area contributed by atoms with Crippen LogP contribution in [0.3, 0.4) is 0 Å². The maximum Gasteiger partial charge on any atom is 0.346 e. The molecule has 134 valence electrons. The summed E-state index contributed by atoms with van der Waals surface area (Å²) in [5.41, 5.74) is -0.786. The summed E-state index contributed by atoms with van der Waals surface area (Å²) in [6.45, 7) is 7.29. The Balaban J connectivity index is 2.02. The Kier molecular flexibility index (Phi) is 4.45. The molecule has 0 aromatic heterocycles. The smallest absolute Gasteiger partial charge is 0.346 e. The molecule has 1 fully saturated rings. The van der Waals surface area contributed by atoms with Crippen molar-refractivity contribution in [1.82, 2.24) is 0 Å². The van der Waals surface area contributed by atoms with Gasteiger partial charge in [0.15, 0.2) is 0 Å². The van der Waals surface area contributed by atoms with Gasteiger partial charge in [-0.05, 0) is 18.1 Å². The molecule has 0 saturated carbocycles. The Morgan fingerprint density at radius 1 is 1.24 bits per heavy atom. The lowest BCUT2D eigenvalue weighted by atomic mass is 9.80. The van der Waals surface area contributed by atoms with Gasteiger partial charge in [0.25, 0.3) is 0 Å². The SMILES string of the molecule is CC(=O)OC1=C[C@H]([C@@]2(c3ccccc3)O[C@@H](C(C)(C)C)OC2=O)CC1. The average molecular weight is 344 g/mol. The Morgan fingerprint density at radius 2 is 1.92 bits per heavy atom. The molecule has 25 heavy (non-hydrogen) atoms. The number of allylic oxidation sites excluding steroid dienone is 1. The summed E-state index contributed by atoms with van der Waals surface area (Å²) in [6.07, 6.45) is 2.45. The first-order valence-corrected chi connectivity index (χ1v) is 8.57. The van der Waals surface area contributed by atoms with Crippen LogP contribution in [0.4, 0.5) is 0 Å². The number of benzene rings is 1. The van der Waals surface area contributed by atoms with Crippen LogP contribution in [-0.4, -0.2) is 18.2 Å². The van der Waals surface area contributed by atoms with Crippen molar-refractivity contribution in [3.8, 4) is 0 Å². The maximum absolute atomic E-state index is 13.0. The maximum atomic E-state index is 13.0. The van der Waals surface area contributed by atoms with E-state index in [1.54, 1.807) is 0 Å². The van der Waals surface area contributed by atoms with Crippen molar-refractivity contribution in [1.29, 1.82) is 0 Å². The number of rotatable bonds is 3. The van der Waals surface area contributed by atoms with E-state index in [9.17, 15) is 9.59 Å². The van der Waals surface area contributed by atoms with Gasteiger partial charge >= 0.3 is 11.9 Å². The quantitative estimate of drug-likeness (QED) is 0.783. The molecule has 1 aliphatic carbocycles. The van der Waals surface area contributed by atoms with E-state index in [-0.39, 0.29) is 23.3 Å². The van der Waals surface area contributed by atoms with Gasteiger partial charge in [0.1, 0.15) is 5.76 Å².